The smallest absolute Gasteiger partial charge is 0.433 e. The van der Waals surface area contributed by atoms with Gasteiger partial charge in [-0.2, -0.15) is 13.2 Å². The minimum Gasteiger partial charge on any atom is -0.443 e. The number of carbonyl (C=O) groups is 2. The number of rotatable bonds is 4. The summed E-state index contributed by atoms with van der Waals surface area (Å²) in [5.74, 6) is 0.0555. The van der Waals surface area contributed by atoms with Crippen LogP contribution in [0.1, 0.15) is 55.1 Å². The number of hydrogen-bond donors (Lipinski definition) is 0. The predicted molar refractivity (Wildman–Crippen MR) is 134 cm³/mol. The van der Waals surface area contributed by atoms with E-state index in [1.54, 1.807) is 18.0 Å². The number of nitrogens with zero attached hydrogens (tertiary/aromatic N) is 4. The van der Waals surface area contributed by atoms with Gasteiger partial charge in [-0.25, -0.2) is 4.79 Å². The number of pyridine rings is 1. The van der Waals surface area contributed by atoms with E-state index < -0.39 is 23.6 Å². The van der Waals surface area contributed by atoms with Crippen LogP contribution in [0.4, 0.5) is 29.3 Å². The summed E-state index contributed by atoms with van der Waals surface area (Å²) < 4.78 is 44.5. The summed E-state index contributed by atoms with van der Waals surface area (Å²) in [7, 11) is 1.68. The van der Waals surface area contributed by atoms with E-state index in [0.717, 1.165) is 40.2 Å². The van der Waals surface area contributed by atoms with Crippen LogP contribution in [0.2, 0.25) is 0 Å². The number of aromatic nitrogens is 1. The average Bonchev–Trinajstić information content (AvgIpc) is 3.20. The highest BCUT2D eigenvalue weighted by Crippen LogP contribution is 2.38. The van der Waals surface area contributed by atoms with E-state index >= 15 is 0 Å². The van der Waals surface area contributed by atoms with E-state index in [1.807, 2.05) is 45.6 Å². The first-order valence-corrected chi connectivity index (χ1v) is 12.3. The zero-order chi connectivity index (χ0) is 27.3. The van der Waals surface area contributed by atoms with Gasteiger partial charge in [0.15, 0.2) is 0 Å². The molecule has 0 aliphatic carbocycles. The van der Waals surface area contributed by atoms with Gasteiger partial charge in [-0.15, -0.1) is 0 Å². The van der Waals surface area contributed by atoms with Crippen molar-refractivity contribution < 1.29 is 27.5 Å². The number of halogens is 3. The summed E-state index contributed by atoms with van der Waals surface area (Å²) in [4.78, 5) is 34.5. The van der Waals surface area contributed by atoms with Gasteiger partial charge < -0.3 is 14.5 Å². The van der Waals surface area contributed by atoms with Crippen LogP contribution in [-0.4, -0.2) is 47.6 Å². The van der Waals surface area contributed by atoms with Crippen molar-refractivity contribution in [3.05, 3.63) is 52.3 Å². The number of carbonyl (C=O) groups excluding carboxylic acids is 2. The fourth-order valence-electron chi connectivity index (χ4n) is 5.05. The first kappa shape index (κ1) is 26.8. The van der Waals surface area contributed by atoms with Crippen LogP contribution in [0.3, 0.4) is 0 Å². The van der Waals surface area contributed by atoms with E-state index in [9.17, 15) is 22.8 Å². The standard InChI is InChI=1S/C27H33F3N4O3/c1-16-9-17(2)24(32(6)25(36)37-26(3,4)5)21-15-34(14-20(16)21)23(35)10-18-12-33(13-18)19-7-8-31-22(11-19)27(28,29)30/h7-9,11,18H,10,12-15H2,1-6H3. The molecule has 0 spiro atoms. The van der Waals surface area contributed by atoms with Crippen molar-refractivity contribution in [2.45, 2.75) is 65.9 Å². The highest BCUT2D eigenvalue weighted by atomic mass is 19.4. The second-order valence-corrected chi connectivity index (χ2v) is 11.0. The van der Waals surface area contributed by atoms with Crippen LogP contribution in [0.25, 0.3) is 0 Å². The van der Waals surface area contributed by atoms with Gasteiger partial charge in [0.1, 0.15) is 11.3 Å². The maximum absolute atomic E-state index is 13.2. The van der Waals surface area contributed by atoms with E-state index in [-0.39, 0.29) is 11.8 Å². The first-order valence-electron chi connectivity index (χ1n) is 12.3. The largest absolute Gasteiger partial charge is 0.443 e. The Morgan fingerprint density at radius 2 is 1.73 bits per heavy atom. The minimum absolute atomic E-state index is 0.00511. The van der Waals surface area contributed by atoms with Gasteiger partial charge in [-0.3, -0.25) is 14.7 Å². The van der Waals surface area contributed by atoms with E-state index in [2.05, 4.69) is 4.98 Å². The molecule has 10 heteroatoms. The topological polar surface area (TPSA) is 66.0 Å². The lowest BCUT2D eigenvalue weighted by molar-refractivity contribution is -0.141. The van der Waals surface area contributed by atoms with Gasteiger partial charge in [0.05, 0.1) is 5.69 Å². The van der Waals surface area contributed by atoms with Gasteiger partial charge in [0.25, 0.3) is 0 Å². The Morgan fingerprint density at radius 1 is 1.08 bits per heavy atom. The molecular formula is C27H33F3N4O3. The molecule has 0 N–H and O–H groups in total. The summed E-state index contributed by atoms with van der Waals surface area (Å²) in [6, 6.07) is 4.62. The third-order valence-corrected chi connectivity index (χ3v) is 6.81. The maximum Gasteiger partial charge on any atom is 0.433 e. The average molecular weight is 519 g/mol. The highest BCUT2D eigenvalue weighted by Gasteiger charge is 2.37. The second kappa shape index (κ2) is 9.54. The van der Waals surface area contributed by atoms with Crippen molar-refractivity contribution in [1.82, 2.24) is 9.88 Å². The van der Waals surface area contributed by atoms with Crippen molar-refractivity contribution in [3.63, 3.8) is 0 Å². The number of alkyl halides is 3. The third kappa shape index (κ3) is 5.67. The van der Waals surface area contributed by atoms with Crippen molar-refractivity contribution >= 4 is 23.4 Å². The molecule has 2 aliphatic heterocycles. The molecule has 2 aliphatic rings. The monoisotopic (exact) mass is 518 g/mol. The summed E-state index contributed by atoms with van der Waals surface area (Å²) in [6.07, 6.45) is -3.47. The number of anilines is 2. The quantitative estimate of drug-likeness (QED) is 0.538. The molecule has 0 atom stereocenters. The Labute approximate surface area is 215 Å². The Bertz CT molecular complexity index is 1220. The number of ether oxygens (including phenoxy) is 1. The van der Waals surface area contributed by atoms with E-state index in [0.29, 0.717) is 38.3 Å². The van der Waals surface area contributed by atoms with Crippen molar-refractivity contribution in [1.29, 1.82) is 0 Å². The normalized spacial score (nSPS) is 15.9. The number of aryl methyl sites for hydroxylation is 2. The number of hydrogen-bond acceptors (Lipinski definition) is 5. The molecule has 2 aromatic rings. The Hall–Kier alpha value is -3.30. The van der Waals surface area contributed by atoms with Crippen LogP contribution in [0.5, 0.6) is 0 Å². The molecule has 0 radical (unpaired) electrons. The minimum atomic E-state index is -4.49. The van der Waals surface area contributed by atoms with Crippen molar-refractivity contribution in [3.8, 4) is 0 Å². The molecule has 3 heterocycles. The second-order valence-electron chi connectivity index (χ2n) is 11.0. The fraction of sp³-hybridized carbons (Fsp3) is 0.519. The summed E-state index contributed by atoms with van der Waals surface area (Å²) >= 11 is 0. The van der Waals surface area contributed by atoms with Crippen LogP contribution < -0.4 is 9.80 Å². The lowest BCUT2D eigenvalue weighted by Crippen LogP contribution is -2.48. The summed E-state index contributed by atoms with van der Waals surface area (Å²) in [6.45, 7) is 11.3. The maximum atomic E-state index is 13.2. The molecule has 200 valence electrons. The molecule has 1 aromatic carbocycles. The molecule has 2 amide bonds. The molecule has 7 nitrogen and oxygen atoms in total. The SMILES string of the molecule is Cc1cc(C)c(N(C)C(=O)OC(C)(C)C)c2c1CN(C(=O)CC1CN(c3ccnc(C(F)(F)F)c3)C1)C2. The number of amides is 2. The molecular weight excluding hydrogens is 485 g/mol. The predicted octanol–water partition coefficient (Wildman–Crippen LogP) is 5.46. The van der Waals surface area contributed by atoms with Gasteiger partial charge >= 0.3 is 12.3 Å². The molecule has 0 unspecified atom stereocenters. The van der Waals surface area contributed by atoms with Crippen molar-refractivity contribution in [2.24, 2.45) is 5.92 Å². The summed E-state index contributed by atoms with van der Waals surface area (Å²) in [5, 5.41) is 0. The Kier molecular flexibility index (Phi) is 6.90. The first-order chi connectivity index (χ1) is 17.1. The lowest BCUT2D eigenvalue weighted by atomic mass is 9.95. The van der Waals surface area contributed by atoms with Gasteiger partial charge in [0, 0.05) is 63.0 Å². The molecule has 0 saturated carbocycles. The molecule has 4 rings (SSSR count). The zero-order valence-electron chi connectivity index (χ0n) is 22.1. The number of fused-ring (bicyclic) bond motifs is 1. The van der Waals surface area contributed by atoms with Gasteiger partial charge in [-0.05, 0) is 63.4 Å². The van der Waals surface area contributed by atoms with Crippen LogP contribution in [-0.2, 0) is 28.8 Å². The zero-order valence-corrected chi connectivity index (χ0v) is 22.1. The van der Waals surface area contributed by atoms with E-state index in [4.69, 9.17) is 4.74 Å². The highest BCUT2D eigenvalue weighted by molar-refractivity contribution is 5.90. The third-order valence-electron chi connectivity index (χ3n) is 6.81. The Balaban J connectivity index is 1.41. The molecule has 1 fully saturated rings. The van der Waals surface area contributed by atoms with Crippen LogP contribution >= 0.6 is 0 Å². The number of benzene rings is 1. The lowest BCUT2D eigenvalue weighted by Gasteiger charge is -2.41. The molecule has 1 aromatic heterocycles. The van der Waals surface area contributed by atoms with Crippen LogP contribution in [0.15, 0.2) is 24.4 Å². The van der Waals surface area contributed by atoms with Crippen molar-refractivity contribution in [2.75, 3.05) is 29.9 Å². The summed E-state index contributed by atoms with van der Waals surface area (Å²) in [5.41, 5.74) is 3.66. The van der Waals surface area contributed by atoms with Gasteiger partial charge in [0.2, 0.25) is 5.91 Å². The Morgan fingerprint density at radius 3 is 2.35 bits per heavy atom. The van der Waals surface area contributed by atoms with Gasteiger partial charge in [-0.1, -0.05) is 6.07 Å². The van der Waals surface area contributed by atoms with E-state index in [1.165, 1.54) is 4.90 Å². The molecule has 0 bridgehead atoms. The fourth-order valence-corrected chi connectivity index (χ4v) is 5.05. The van der Waals surface area contributed by atoms with Crippen LogP contribution in [0, 0.1) is 19.8 Å². The molecule has 37 heavy (non-hydrogen) atoms. The molecule has 1 saturated heterocycles.